The van der Waals surface area contributed by atoms with E-state index in [0.29, 0.717) is 17.8 Å². The molecule has 1 aromatic rings. The second kappa shape index (κ2) is 5.68. The average molecular weight is 321 g/mol. The number of halogens is 3. The van der Waals surface area contributed by atoms with Crippen LogP contribution in [0.2, 0.25) is 0 Å². The van der Waals surface area contributed by atoms with E-state index in [2.05, 4.69) is 20.8 Å². The van der Waals surface area contributed by atoms with Crippen LogP contribution in [0.5, 0.6) is 0 Å². The van der Waals surface area contributed by atoms with Gasteiger partial charge >= 0.3 is 0 Å². The molecule has 1 saturated carbocycles. The Morgan fingerprint density at radius 1 is 1.47 bits per heavy atom. The van der Waals surface area contributed by atoms with Crippen molar-refractivity contribution in [3.63, 3.8) is 0 Å². The molecule has 0 bridgehead atoms. The molecular formula is C13H16BrClFN. The van der Waals surface area contributed by atoms with Gasteiger partial charge < -0.3 is 4.90 Å². The lowest BCUT2D eigenvalue weighted by Gasteiger charge is -2.34. The van der Waals surface area contributed by atoms with Crippen molar-refractivity contribution < 1.29 is 4.39 Å². The molecule has 0 aliphatic heterocycles. The zero-order chi connectivity index (χ0) is 12.4. The summed E-state index contributed by atoms with van der Waals surface area (Å²) < 4.78 is 14.5. The van der Waals surface area contributed by atoms with Crippen molar-refractivity contribution in [2.75, 3.05) is 13.6 Å². The summed E-state index contributed by atoms with van der Waals surface area (Å²) in [5, 5.41) is 0.357. The molecule has 0 saturated heterocycles. The van der Waals surface area contributed by atoms with Crippen LogP contribution in [0.1, 0.15) is 18.4 Å². The molecule has 0 N–H and O–H groups in total. The first-order valence-electron chi connectivity index (χ1n) is 5.81. The van der Waals surface area contributed by atoms with Crippen LogP contribution in [-0.2, 0) is 6.54 Å². The predicted octanol–water partition coefficient (Wildman–Crippen LogP) is 4.04. The van der Waals surface area contributed by atoms with Crippen molar-refractivity contribution in [2.24, 2.45) is 5.92 Å². The Labute approximate surface area is 115 Å². The largest absolute Gasteiger partial charge is 0.302 e. The Kier molecular flexibility index (Phi) is 4.45. The van der Waals surface area contributed by atoms with Gasteiger partial charge in [-0.25, -0.2) is 4.39 Å². The Morgan fingerprint density at radius 3 is 2.82 bits per heavy atom. The maximum absolute atomic E-state index is 13.6. The van der Waals surface area contributed by atoms with Gasteiger partial charge in [0.1, 0.15) is 5.82 Å². The summed E-state index contributed by atoms with van der Waals surface area (Å²) in [6.45, 7) is 1.64. The van der Waals surface area contributed by atoms with E-state index in [1.54, 1.807) is 6.07 Å². The Balaban J connectivity index is 1.89. The smallest absolute Gasteiger partial charge is 0.127 e. The SMILES string of the molecule is CN(Cc1cc(Br)ccc1F)CC1CC(Cl)C1. The van der Waals surface area contributed by atoms with Crippen LogP contribution < -0.4 is 0 Å². The molecule has 0 amide bonds. The molecule has 0 atom stereocenters. The summed E-state index contributed by atoms with van der Waals surface area (Å²) in [4.78, 5) is 2.16. The summed E-state index contributed by atoms with van der Waals surface area (Å²) in [5.74, 6) is 0.543. The van der Waals surface area contributed by atoms with Gasteiger partial charge in [0.15, 0.2) is 0 Å². The van der Waals surface area contributed by atoms with Crippen LogP contribution >= 0.6 is 27.5 Å². The molecule has 1 nitrogen and oxygen atoms in total. The van der Waals surface area contributed by atoms with Crippen molar-refractivity contribution in [2.45, 2.75) is 24.8 Å². The van der Waals surface area contributed by atoms with Gasteiger partial charge in [-0.2, -0.15) is 0 Å². The predicted molar refractivity (Wildman–Crippen MR) is 72.8 cm³/mol. The summed E-state index contributed by atoms with van der Waals surface area (Å²) in [5.41, 5.74) is 0.739. The molecular weight excluding hydrogens is 305 g/mol. The van der Waals surface area contributed by atoms with Crippen molar-refractivity contribution >= 4 is 27.5 Å². The first-order valence-corrected chi connectivity index (χ1v) is 7.04. The minimum Gasteiger partial charge on any atom is -0.302 e. The zero-order valence-electron chi connectivity index (χ0n) is 9.80. The van der Waals surface area contributed by atoms with Crippen LogP contribution in [0.25, 0.3) is 0 Å². The van der Waals surface area contributed by atoms with Gasteiger partial charge in [0, 0.05) is 28.5 Å². The van der Waals surface area contributed by atoms with Crippen LogP contribution in [0.4, 0.5) is 4.39 Å². The maximum atomic E-state index is 13.6. The van der Waals surface area contributed by atoms with Crippen molar-refractivity contribution in [1.29, 1.82) is 0 Å². The van der Waals surface area contributed by atoms with Crippen molar-refractivity contribution in [1.82, 2.24) is 4.90 Å². The number of rotatable bonds is 4. The molecule has 0 spiro atoms. The lowest BCUT2D eigenvalue weighted by atomic mass is 9.84. The fourth-order valence-corrected chi connectivity index (χ4v) is 3.18. The summed E-state index contributed by atoms with van der Waals surface area (Å²) >= 11 is 9.32. The highest BCUT2D eigenvalue weighted by Crippen LogP contribution is 2.32. The highest BCUT2D eigenvalue weighted by atomic mass is 79.9. The number of hydrogen-bond donors (Lipinski definition) is 0. The zero-order valence-corrected chi connectivity index (χ0v) is 12.1. The Hall–Kier alpha value is -0.120. The molecule has 1 aromatic carbocycles. The van der Waals surface area contributed by atoms with E-state index in [1.165, 1.54) is 6.07 Å². The van der Waals surface area contributed by atoms with E-state index in [9.17, 15) is 4.39 Å². The molecule has 0 radical (unpaired) electrons. The van der Waals surface area contributed by atoms with Crippen LogP contribution in [0.15, 0.2) is 22.7 Å². The monoisotopic (exact) mass is 319 g/mol. The van der Waals surface area contributed by atoms with E-state index in [1.807, 2.05) is 13.1 Å². The standard InChI is InChI=1S/C13H16BrClFN/c1-17(7-9-4-12(15)5-9)8-10-6-11(14)2-3-13(10)16/h2-3,6,9,12H,4-5,7-8H2,1H3. The molecule has 17 heavy (non-hydrogen) atoms. The lowest BCUT2D eigenvalue weighted by Crippen LogP contribution is -2.34. The highest BCUT2D eigenvalue weighted by molar-refractivity contribution is 9.10. The minimum atomic E-state index is -0.135. The second-order valence-electron chi connectivity index (χ2n) is 4.87. The fraction of sp³-hybridized carbons (Fsp3) is 0.538. The number of benzene rings is 1. The summed E-state index contributed by atoms with van der Waals surface area (Å²) in [6.07, 6.45) is 2.18. The average Bonchev–Trinajstić information content (AvgIpc) is 2.21. The second-order valence-corrected chi connectivity index (χ2v) is 6.40. The molecule has 1 aliphatic carbocycles. The van der Waals surface area contributed by atoms with E-state index in [0.717, 1.165) is 29.4 Å². The molecule has 0 unspecified atom stereocenters. The summed E-state index contributed by atoms with van der Waals surface area (Å²) in [7, 11) is 2.03. The summed E-state index contributed by atoms with van der Waals surface area (Å²) in [6, 6.07) is 5.07. The molecule has 1 fully saturated rings. The van der Waals surface area contributed by atoms with E-state index in [4.69, 9.17) is 11.6 Å². The molecule has 94 valence electrons. The number of alkyl halides is 1. The van der Waals surface area contributed by atoms with E-state index >= 15 is 0 Å². The first kappa shape index (κ1) is 13.3. The lowest BCUT2D eigenvalue weighted by molar-refractivity contribution is 0.202. The quantitative estimate of drug-likeness (QED) is 0.757. The van der Waals surface area contributed by atoms with E-state index in [-0.39, 0.29) is 5.82 Å². The normalized spacial score (nSPS) is 23.8. The van der Waals surface area contributed by atoms with Crippen LogP contribution in [-0.4, -0.2) is 23.9 Å². The third-order valence-corrected chi connectivity index (χ3v) is 4.05. The molecule has 0 heterocycles. The van der Waals surface area contributed by atoms with Gasteiger partial charge in [-0.1, -0.05) is 15.9 Å². The van der Waals surface area contributed by atoms with Gasteiger partial charge in [-0.15, -0.1) is 11.6 Å². The number of nitrogens with zero attached hydrogens (tertiary/aromatic N) is 1. The van der Waals surface area contributed by atoms with Gasteiger partial charge in [-0.3, -0.25) is 0 Å². The van der Waals surface area contributed by atoms with Gasteiger partial charge in [0.2, 0.25) is 0 Å². The van der Waals surface area contributed by atoms with Crippen molar-refractivity contribution in [3.05, 3.63) is 34.1 Å². The first-order chi connectivity index (χ1) is 8.04. The number of hydrogen-bond acceptors (Lipinski definition) is 1. The van der Waals surface area contributed by atoms with Gasteiger partial charge in [0.05, 0.1) is 0 Å². The highest BCUT2D eigenvalue weighted by Gasteiger charge is 2.27. The van der Waals surface area contributed by atoms with E-state index < -0.39 is 0 Å². The molecule has 2 rings (SSSR count). The van der Waals surface area contributed by atoms with Crippen LogP contribution in [0, 0.1) is 11.7 Å². The maximum Gasteiger partial charge on any atom is 0.127 e. The minimum absolute atomic E-state index is 0.135. The van der Waals surface area contributed by atoms with Crippen LogP contribution in [0.3, 0.4) is 0 Å². The molecule has 1 aliphatic rings. The Bertz CT molecular complexity index is 393. The third-order valence-electron chi connectivity index (χ3n) is 3.20. The van der Waals surface area contributed by atoms with Gasteiger partial charge in [-0.05, 0) is 44.0 Å². The third kappa shape index (κ3) is 3.67. The van der Waals surface area contributed by atoms with Gasteiger partial charge in [0.25, 0.3) is 0 Å². The fourth-order valence-electron chi connectivity index (χ4n) is 2.26. The molecule has 4 heteroatoms. The Morgan fingerprint density at radius 2 is 2.18 bits per heavy atom. The van der Waals surface area contributed by atoms with Crippen molar-refractivity contribution in [3.8, 4) is 0 Å². The molecule has 0 aromatic heterocycles. The topological polar surface area (TPSA) is 3.24 Å².